The number of piperidine rings is 1. The molecule has 9 heteroatoms. The van der Waals surface area contributed by atoms with Crippen LogP contribution in [0, 0.1) is 0 Å². The second-order valence-corrected chi connectivity index (χ2v) is 11.0. The number of nitrogens with one attached hydrogen (secondary N) is 1. The van der Waals surface area contributed by atoms with Crippen LogP contribution in [-0.4, -0.2) is 46.4 Å². The van der Waals surface area contributed by atoms with Gasteiger partial charge in [0.1, 0.15) is 11.3 Å². The fourth-order valence-electron chi connectivity index (χ4n) is 4.25. The molecule has 0 spiro atoms. The number of carbonyl (C=O) groups excluding carboxylic acids is 2. The highest BCUT2D eigenvalue weighted by Crippen LogP contribution is 2.44. The molecular formula is C26H29N5O3S. The Morgan fingerprint density at radius 1 is 1.23 bits per heavy atom. The fraction of sp³-hybridized carbons (Fsp3) is 0.423. The van der Waals surface area contributed by atoms with Gasteiger partial charge in [0.05, 0.1) is 34.3 Å². The molecule has 3 aromatic rings. The number of anilines is 2. The zero-order valence-corrected chi connectivity index (χ0v) is 21.0. The van der Waals surface area contributed by atoms with Crippen LogP contribution in [-0.2, 0) is 4.74 Å². The number of aliphatic imine (C=N–C) groups is 1. The molecule has 1 aliphatic heterocycles. The quantitative estimate of drug-likeness (QED) is 0.496. The summed E-state index contributed by atoms with van der Waals surface area (Å²) in [6.07, 6.45) is 6.73. The summed E-state index contributed by atoms with van der Waals surface area (Å²) in [7, 11) is 0. The molecule has 2 fully saturated rings. The highest BCUT2D eigenvalue weighted by Gasteiger charge is 2.27. The van der Waals surface area contributed by atoms with Crippen molar-refractivity contribution in [2.75, 3.05) is 23.3 Å². The monoisotopic (exact) mass is 491 g/mol. The number of hydrogen-bond acceptors (Lipinski definition) is 7. The number of pyridine rings is 2. The largest absolute Gasteiger partial charge is 0.442 e. The smallest absolute Gasteiger partial charge is 0.434 e. The second kappa shape index (κ2) is 9.37. The van der Waals surface area contributed by atoms with Gasteiger partial charge in [-0.2, -0.15) is 4.99 Å². The van der Waals surface area contributed by atoms with Crippen LogP contribution in [0.3, 0.4) is 0 Å². The van der Waals surface area contributed by atoms with Crippen molar-refractivity contribution in [2.24, 2.45) is 4.99 Å². The Bertz CT molecular complexity index is 1310. The van der Waals surface area contributed by atoms with Gasteiger partial charge in [-0.3, -0.25) is 9.78 Å². The molecule has 3 aromatic heterocycles. The molecule has 2 amide bonds. The number of hydrogen-bond donors (Lipinski definition) is 1. The number of rotatable bonds is 4. The molecule has 0 atom stereocenters. The molecule has 0 bridgehead atoms. The third-order valence-corrected chi connectivity index (χ3v) is 6.95. The van der Waals surface area contributed by atoms with Crippen molar-refractivity contribution in [1.29, 1.82) is 0 Å². The predicted molar refractivity (Wildman–Crippen MR) is 139 cm³/mol. The average molecular weight is 492 g/mol. The topological polar surface area (TPSA) is 96.8 Å². The van der Waals surface area contributed by atoms with E-state index in [1.807, 2.05) is 32.9 Å². The highest BCUT2D eigenvalue weighted by molar-refractivity contribution is 7.17. The summed E-state index contributed by atoms with van der Waals surface area (Å²) in [6.45, 7) is 6.73. The third-order valence-electron chi connectivity index (χ3n) is 5.99. The van der Waals surface area contributed by atoms with Crippen molar-refractivity contribution in [1.82, 2.24) is 9.97 Å². The maximum atomic E-state index is 13.2. The van der Waals surface area contributed by atoms with Gasteiger partial charge in [0.2, 0.25) is 0 Å². The summed E-state index contributed by atoms with van der Waals surface area (Å²) in [5, 5.41) is 5.17. The molecule has 0 radical (unpaired) electrons. The summed E-state index contributed by atoms with van der Waals surface area (Å²) in [4.78, 5) is 40.5. The molecule has 0 unspecified atom stereocenters. The Balaban J connectivity index is 1.34. The SMILES string of the molecule is CC(C)(C)OC(=O)/N=C1\CCCN(c2ccncc2NC(=O)c2ccc3scc(C4CC4)c3n2)C1. The van der Waals surface area contributed by atoms with Crippen molar-refractivity contribution in [3.63, 3.8) is 0 Å². The number of carbonyl (C=O) groups is 2. The molecule has 1 saturated carbocycles. The van der Waals surface area contributed by atoms with Crippen molar-refractivity contribution in [2.45, 2.75) is 58.0 Å². The van der Waals surface area contributed by atoms with Crippen LogP contribution in [0.15, 0.2) is 41.0 Å². The van der Waals surface area contributed by atoms with Crippen molar-refractivity contribution >= 4 is 50.6 Å². The minimum atomic E-state index is -0.586. The molecule has 4 heterocycles. The molecule has 5 rings (SSSR count). The van der Waals surface area contributed by atoms with Gasteiger partial charge in [0, 0.05) is 18.5 Å². The van der Waals surface area contributed by atoms with Crippen LogP contribution in [0.2, 0.25) is 0 Å². The van der Waals surface area contributed by atoms with E-state index in [1.165, 1.54) is 18.4 Å². The normalized spacial score (nSPS) is 17.6. The van der Waals surface area contributed by atoms with E-state index in [4.69, 9.17) is 9.72 Å². The van der Waals surface area contributed by atoms with Crippen LogP contribution < -0.4 is 10.2 Å². The Hall–Kier alpha value is -3.33. The lowest BCUT2D eigenvalue weighted by molar-refractivity contribution is 0.0603. The van der Waals surface area contributed by atoms with E-state index >= 15 is 0 Å². The van der Waals surface area contributed by atoms with E-state index in [9.17, 15) is 9.59 Å². The summed E-state index contributed by atoms with van der Waals surface area (Å²) >= 11 is 1.68. The van der Waals surface area contributed by atoms with E-state index in [0.717, 1.165) is 41.0 Å². The van der Waals surface area contributed by atoms with Gasteiger partial charge in [-0.15, -0.1) is 11.3 Å². The predicted octanol–water partition coefficient (Wildman–Crippen LogP) is 5.80. The number of aromatic nitrogens is 2. The van der Waals surface area contributed by atoms with Crippen LogP contribution in [0.4, 0.5) is 16.2 Å². The first kappa shape index (κ1) is 23.4. The molecule has 1 aliphatic carbocycles. The Kier molecular flexibility index (Phi) is 6.27. The molecule has 0 aromatic carbocycles. The number of ether oxygens (including phenoxy) is 1. The zero-order chi connectivity index (χ0) is 24.6. The highest BCUT2D eigenvalue weighted by atomic mass is 32.1. The first-order valence-electron chi connectivity index (χ1n) is 11.9. The Morgan fingerprint density at radius 2 is 2.06 bits per heavy atom. The van der Waals surface area contributed by atoms with E-state index in [-0.39, 0.29) is 5.91 Å². The van der Waals surface area contributed by atoms with Crippen molar-refractivity contribution in [3.8, 4) is 0 Å². The van der Waals surface area contributed by atoms with Crippen LogP contribution in [0.5, 0.6) is 0 Å². The fourth-order valence-corrected chi connectivity index (χ4v) is 5.23. The van der Waals surface area contributed by atoms with Crippen molar-refractivity contribution in [3.05, 3.63) is 47.2 Å². The summed E-state index contributed by atoms with van der Waals surface area (Å²) in [5.74, 6) is 0.309. The molecule has 35 heavy (non-hydrogen) atoms. The molecular weight excluding hydrogens is 462 g/mol. The van der Waals surface area contributed by atoms with E-state index in [1.54, 1.807) is 29.8 Å². The van der Waals surface area contributed by atoms with E-state index in [2.05, 4.69) is 25.6 Å². The van der Waals surface area contributed by atoms with E-state index in [0.29, 0.717) is 23.8 Å². The second-order valence-electron chi connectivity index (χ2n) is 10.0. The van der Waals surface area contributed by atoms with Crippen LogP contribution in [0.1, 0.15) is 68.4 Å². The summed E-state index contributed by atoms with van der Waals surface area (Å²) < 4.78 is 6.45. The first-order valence-corrected chi connectivity index (χ1v) is 12.8. The van der Waals surface area contributed by atoms with Gasteiger partial charge in [0.15, 0.2) is 0 Å². The van der Waals surface area contributed by atoms with Gasteiger partial charge in [0.25, 0.3) is 5.91 Å². The number of fused-ring (bicyclic) bond motifs is 1. The minimum Gasteiger partial charge on any atom is -0.442 e. The standard InChI is InChI=1S/C26H29N5O3S/c1-26(2,3)34-25(33)28-17-5-4-12-31(14-17)21-10-11-27-13-20(21)30-24(32)19-8-9-22-23(29-19)18(15-35-22)16-6-7-16/h8-11,13,15-16H,4-7,12,14H2,1-3H3,(H,30,32)/b28-17+. The molecule has 8 nitrogen and oxygen atoms in total. The maximum Gasteiger partial charge on any atom is 0.434 e. The van der Waals surface area contributed by atoms with Gasteiger partial charge in [-0.05, 0) is 81.5 Å². The molecule has 1 saturated heterocycles. The number of thiophene rings is 1. The molecule has 1 N–H and O–H groups in total. The van der Waals surface area contributed by atoms with Crippen LogP contribution in [0.25, 0.3) is 10.2 Å². The minimum absolute atomic E-state index is 0.270. The van der Waals surface area contributed by atoms with Gasteiger partial charge in [-0.1, -0.05) is 0 Å². The maximum absolute atomic E-state index is 13.2. The number of amides is 2. The third kappa shape index (κ3) is 5.51. The first-order chi connectivity index (χ1) is 16.8. The lowest BCUT2D eigenvalue weighted by Crippen LogP contribution is -2.37. The van der Waals surface area contributed by atoms with Gasteiger partial charge < -0.3 is 15.0 Å². The number of nitrogens with zero attached hydrogens (tertiary/aromatic N) is 4. The molecule has 182 valence electrons. The van der Waals surface area contributed by atoms with Gasteiger partial charge >= 0.3 is 6.09 Å². The summed E-state index contributed by atoms with van der Waals surface area (Å²) in [6, 6.07) is 5.61. The summed E-state index contributed by atoms with van der Waals surface area (Å²) in [5.41, 5.74) is 4.20. The lowest BCUT2D eigenvalue weighted by atomic mass is 10.1. The van der Waals surface area contributed by atoms with E-state index < -0.39 is 11.7 Å². The molecule has 2 aliphatic rings. The average Bonchev–Trinajstić information content (AvgIpc) is 3.56. The Labute approximate surface area is 208 Å². The van der Waals surface area contributed by atoms with Crippen LogP contribution >= 0.6 is 11.3 Å². The van der Waals surface area contributed by atoms with Crippen molar-refractivity contribution < 1.29 is 14.3 Å². The zero-order valence-electron chi connectivity index (χ0n) is 20.2. The Morgan fingerprint density at radius 3 is 2.83 bits per heavy atom. The van der Waals surface area contributed by atoms with Gasteiger partial charge in [-0.25, -0.2) is 9.78 Å². The lowest BCUT2D eigenvalue weighted by Gasteiger charge is -2.31.